The Morgan fingerprint density at radius 2 is 2.05 bits per heavy atom. The second kappa shape index (κ2) is 7.61. The van der Waals surface area contributed by atoms with Crippen LogP contribution in [-0.4, -0.2) is 58.8 Å². The van der Waals surface area contributed by atoms with E-state index in [1.807, 2.05) is 0 Å². The molecule has 0 radical (unpaired) electrons. The summed E-state index contributed by atoms with van der Waals surface area (Å²) in [7, 11) is 0. The Labute approximate surface area is 118 Å². The van der Waals surface area contributed by atoms with Gasteiger partial charge in [0.2, 0.25) is 0 Å². The number of nitrogens with one attached hydrogen (secondary N) is 1. The highest BCUT2D eigenvalue weighted by molar-refractivity contribution is 7.99. The van der Waals surface area contributed by atoms with Crippen molar-refractivity contribution in [2.24, 2.45) is 0 Å². The number of nitrogens with zero attached hydrogens (tertiary/aromatic N) is 1. The van der Waals surface area contributed by atoms with Crippen LogP contribution in [0.15, 0.2) is 0 Å². The lowest BCUT2D eigenvalue weighted by Crippen LogP contribution is -2.53. The second-order valence-electron chi connectivity index (χ2n) is 4.43. The summed E-state index contributed by atoms with van der Waals surface area (Å²) in [5, 5.41) is 11.5. The van der Waals surface area contributed by atoms with Gasteiger partial charge in [-0.25, -0.2) is 9.59 Å². The molecular weight excluding hydrogens is 297 g/mol. The minimum absolute atomic E-state index is 0.0536. The quantitative estimate of drug-likeness (QED) is 0.761. The number of carbonyl (C=O) groups is 2. The highest BCUT2D eigenvalue weighted by atomic mass is 32.2. The number of unbranched alkanes of at least 4 members (excludes halogenated alkanes) is 1. The maximum absolute atomic E-state index is 11.9. The molecule has 5 nitrogen and oxygen atoms in total. The van der Waals surface area contributed by atoms with Gasteiger partial charge in [-0.3, -0.25) is 0 Å². The maximum Gasteiger partial charge on any atom is 0.389 e. The number of amides is 2. The van der Waals surface area contributed by atoms with Crippen LogP contribution in [0.5, 0.6) is 0 Å². The number of alkyl halides is 3. The molecular formula is C11H17F3N2O3S. The van der Waals surface area contributed by atoms with E-state index in [9.17, 15) is 22.8 Å². The first-order valence-corrected chi connectivity index (χ1v) is 7.38. The SMILES string of the molecule is O=C(O)C1CSCCN1C(=O)NCCCCC(F)(F)F. The average Bonchev–Trinajstić information content (AvgIpc) is 2.36. The van der Waals surface area contributed by atoms with Crippen LogP contribution in [0, 0.1) is 0 Å². The third kappa shape index (κ3) is 5.89. The Balaban J connectivity index is 2.29. The predicted molar refractivity (Wildman–Crippen MR) is 68.8 cm³/mol. The van der Waals surface area contributed by atoms with Crippen LogP contribution in [0.3, 0.4) is 0 Å². The van der Waals surface area contributed by atoms with E-state index in [1.165, 1.54) is 16.7 Å². The Morgan fingerprint density at radius 3 is 2.65 bits per heavy atom. The van der Waals surface area contributed by atoms with Gasteiger partial charge in [0.1, 0.15) is 6.04 Å². The fourth-order valence-electron chi connectivity index (χ4n) is 1.80. The van der Waals surface area contributed by atoms with Gasteiger partial charge in [-0.05, 0) is 12.8 Å². The lowest BCUT2D eigenvalue weighted by molar-refractivity contribution is -0.141. The summed E-state index contributed by atoms with van der Waals surface area (Å²) in [6.45, 7) is 0.445. The van der Waals surface area contributed by atoms with Crippen molar-refractivity contribution >= 4 is 23.8 Å². The van der Waals surface area contributed by atoms with Gasteiger partial charge in [0, 0.05) is 31.0 Å². The van der Waals surface area contributed by atoms with E-state index in [2.05, 4.69) is 5.32 Å². The number of halogens is 3. The van der Waals surface area contributed by atoms with E-state index in [0.717, 1.165) is 0 Å². The van der Waals surface area contributed by atoms with Gasteiger partial charge in [0.25, 0.3) is 0 Å². The van der Waals surface area contributed by atoms with Gasteiger partial charge in [-0.15, -0.1) is 0 Å². The number of rotatable bonds is 5. The topological polar surface area (TPSA) is 69.6 Å². The van der Waals surface area contributed by atoms with Gasteiger partial charge < -0.3 is 15.3 Å². The first-order valence-electron chi connectivity index (χ1n) is 6.23. The van der Waals surface area contributed by atoms with Gasteiger partial charge in [0.15, 0.2) is 0 Å². The molecule has 0 aliphatic carbocycles. The van der Waals surface area contributed by atoms with E-state index < -0.39 is 30.6 Å². The molecule has 1 aliphatic rings. The first-order chi connectivity index (χ1) is 9.31. The van der Waals surface area contributed by atoms with Crippen LogP contribution >= 0.6 is 11.8 Å². The molecule has 20 heavy (non-hydrogen) atoms. The van der Waals surface area contributed by atoms with Gasteiger partial charge >= 0.3 is 18.2 Å². The third-order valence-corrected chi connectivity index (χ3v) is 3.86. The molecule has 1 heterocycles. The van der Waals surface area contributed by atoms with Crippen LogP contribution in [0.25, 0.3) is 0 Å². The highest BCUT2D eigenvalue weighted by Crippen LogP contribution is 2.22. The van der Waals surface area contributed by atoms with Crippen molar-refractivity contribution in [3.05, 3.63) is 0 Å². The van der Waals surface area contributed by atoms with Crippen LogP contribution in [0.2, 0.25) is 0 Å². The van der Waals surface area contributed by atoms with Gasteiger partial charge in [0.05, 0.1) is 0 Å². The summed E-state index contributed by atoms with van der Waals surface area (Å²) in [5.74, 6) is -0.0772. The van der Waals surface area contributed by atoms with Crippen molar-refractivity contribution in [2.45, 2.75) is 31.5 Å². The van der Waals surface area contributed by atoms with Crippen LogP contribution in [-0.2, 0) is 4.79 Å². The zero-order chi connectivity index (χ0) is 15.2. The Morgan fingerprint density at radius 1 is 1.35 bits per heavy atom. The Bertz CT molecular complexity index is 352. The second-order valence-corrected chi connectivity index (χ2v) is 5.58. The van der Waals surface area contributed by atoms with E-state index in [1.54, 1.807) is 0 Å². The van der Waals surface area contributed by atoms with Crippen molar-refractivity contribution in [3.8, 4) is 0 Å². The number of carboxylic acids is 1. The van der Waals surface area contributed by atoms with Crippen LogP contribution in [0.4, 0.5) is 18.0 Å². The Hall–Kier alpha value is -1.12. The molecule has 0 aromatic heterocycles. The molecule has 1 unspecified atom stereocenters. The Kier molecular flexibility index (Phi) is 6.44. The maximum atomic E-state index is 11.9. The summed E-state index contributed by atoms with van der Waals surface area (Å²) < 4.78 is 35.7. The summed E-state index contributed by atoms with van der Waals surface area (Å²) in [6, 6.07) is -1.39. The lowest BCUT2D eigenvalue weighted by Gasteiger charge is -2.32. The molecule has 9 heteroatoms. The van der Waals surface area contributed by atoms with Crippen molar-refractivity contribution in [3.63, 3.8) is 0 Å². The molecule has 1 atom stereocenters. The number of thioether (sulfide) groups is 1. The lowest BCUT2D eigenvalue weighted by atomic mass is 10.2. The monoisotopic (exact) mass is 314 g/mol. The molecule has 2 amide bonds. The predicted octanol–water partition coefficient (Wildman–Crippen LogP) is 1.93. The molecule has 0 bridgehead atoms. The molecule has 1 fully saturated rings. The smallest absolute Gasteiger partial charge is 0.389 e. The van der Waals surface area contributed by atoms with Crippen LogP contribution in [0.1, 0.15) is 19.3 Å². The normalized spacial score (nSPS) is 19.8. The number of carboxylic acid groups (broad SMARTS) is 1. The highest BCUT2D eigenvalue weighted by Gasteiger charge is 2.32. The summed E-state index contributed by atoms with van der Waals surface area (Å²) in [4.78, 5) is 24.0. The average molecular weight is 314 g/mol. The molecule has 1 rings (SSSR count). The van der Waals surface area contributed by atoms with E-state index in [0.29, 0.717) is 18.1 Å². The molecule has 0 saturated carbocycles. The summed E-state index contributed by atoms with van der Waals surface area (Å²) >= 11 is 1.46. The summed E-state index contributed by atoms with van der Waals surface area (Å²) in [5.41, 5.74) is 0. The van der Waals surface area contributed by atoms with Gasteiger partial charge in [-0.1, -0.05) is 0 Å². The third-order valence-electron chi connectivity index (χ3n) is 2.84. The zero-order valence-electron chi connectivity index (χ0n) is 10.8. The van der Waals surface area contributed by atoms with Crippen LogP contribution < -0.4 is 5.32 Å². The van der Waals surface area contributed by atoms with Crippen molar-refractivity contribution in [1.29, 1.82) is 0 Å². The van der Waals surface area contributed by atoms with E-state index in [4.69, 9.17) is 5.11 Å². The summed E-state index contributed by atoms with van der Waals surface area (Å²) in [6.07, 6.45) is -4.89. The molecule has 0 spiro atoms. The van der Waals surface area contributed by atoms with Crippen molar-refractivity contribution < 1.29 is 27.9 Å². The zero-order valence-corrected chi connectivity index (χ0v) is 11.6. The number of urea groups is 1. The number of carbonyl (C=O) groups excluding carboxylic acids is 1. The standard InChI is InChI=1S/C11H17F3N2O3S/c12-11(13,14)3-1-2-4-15-10(19)16-5-6-20-7-8(16)9(17)18/h8H,1-7H2,(H,15,19)(H,17,18). The molecule has 1 aliphatic heterocycles. The number of aliphatic carboxylic acids is 1. The minimum atomic E-state index is -4.18. The fraction of sp³-hybridized carbons (Fsp3) is 0.818. The number of hydrogen-bond donors (Lipinski definition) is 2. The molecule has 2 N–H and O–H groups in total. The molecule has 1 saturated heterocycles. The number of hydrogen-bond acceptors (Lipinski definition) is 3. The molecule has 0 aromatic carbocycles. The largest absolute Gasteiger partial charge is 0.480 e. The first kappa shape index (κ1) is 16.9. The minimum Gasteiger partial charge on any atom is -0.480 e. The molecule has 116 valence electrons. The van der Waals surface area contributed by atoms with E-state index >= 15 is 0 Å². The molecule has 0 aromatic rings. The van der Waals surface area contributed by atoms with Crippen molar-refractivity contribution in [1.82, 2.24) is 10.2 Å². The van der Waals surface area contributed by atoms with Gasteiger partial charge in [-0.2, -0.15) is 24.9 Å². The fourth-order valence-corrected chi connectivity index (χ4v) is 2.84. The van der Waals surface area contributed by atoms with Crippen molar-refractivity contribution in [2.75, 3.05) is 24.6 Å². The van der Waals surface area contributed by atoms with E-state index in [-0.39, 0.29) is 19.4 Å².